The quantitative estimate of drug-likeness (QED) is 0.509. The zero-order chi connectivity index (χ0) is 21.8. The van der Waals surface area contributed by atoms with E-state index in [1.165, 1.54) is 11.1 Å². The van der Waals surface area contributed by atoms with Crippen LogP contribution in [0.4, 0.5) is 0 Å². The van der Waals surface area contributed by atoms with Crippen molar-refractivity contribution in [3.8, 4) is 23.0 Å². The Bertz CT molecular complexity index is 774. The van der Waals surface area contributed by atoms with Crippen molar-refractivity contribution >= 4 is 0 Å². The van der Waals surface area contributed by atoms with Gasteiger partial charge in [0.05, 0.1) is 26.4 Å². The molecule has 0 aliphatic carbocycles. The lowest BCUT2D eigenvalue weighted by Crippen LogP contribution is -2.14. The Balaban J connectivity index is 1.75. The first-order valence-corrected chi connectivity index (χ1v) is 10.9. The van der Waals surface area contributed by atoms with Crippen molar-refractivity contribution in [2.24, 2.45) is 0 Å². The summed E-state index contributed by atoms with van der Waals surface area (Å²) in [4.78, 5) is 0. The van der Waals surface area contributed by atoms with E-state index in [9.17, 15) is 0 Å². The van der Waals surface area contributed by atoms with Crippen LogP contribution in [0.2, 0.25) is 0 Å². The molecule has 0 amide bonds. The molecule has 1 aliphatic heterocycles. The van der Waals surface area contributed by atoms with E-state index in [1.54, 1.807) is 0 Å². The summed E-state index contributed by atoms with van der Waals surface area (Å²) in [7, 11) is 0. The standard InChI is InChI=1S/C26H36O4/c1-25(2,3)19-9-11-21-23(17-19)29-15-8-16-30-24-18-20(26(4,5)6)10-12-22(24)28-14-7-13-27-21/h9-12,17-18H,7-8,13-16H2,1-6H3. The summed E-state index contributed by atoms with van der Waals surface area (Å²) in [6, 6.07) is 12.5. The van der Waals surface area contributed by atoms with Gasteiger partial charge in [0.25, 0.3) is 0 Å². The van der Waals surface area contributed by atoms with Crippen molar-refractivity contribution in [2.45, 2.75) is 65.2 Å². The van der Waals surface area contributed by atoms with Gasteiger partial charge >= 0.3 is 0 Å². The molecule has 1 heterocycles. The highest BCUT2D eigenvalue weighted by atomic mass is 16.5. The van der Waals surface area contributed by atoms with Crippen LogP contribution in [0.5, 0.6) is 23.0 Å². The molecule has 0 radical (unpaired) electrons. The molecule has 0 spiro atoms. The third kappa shape index (κ3) is 5.84. The second kappa shape index (κ2) is 9.20. The van der Waals surface area contributed by atoms with Crippen LogP contribution in [-0.2, 0) is 10.8 Å². The molecule has 3 rings (SSSR count). The Morgan fingerprint density at radius 1 is 0.500 bits per heavy atom. The van der Waals surface area contributed by atoms with E-state index in [2.05, 4.69) is 65.8 Å². The summed E-state index contributed by atoms with van der Waals surface area (Å²) >= 11 is 0. The summed E-state index contributed by atoms with van der Waals surface area (Å²) in [5.41, 5.74) is 2.58. The van der Waals surface area contributed by atoms with Gasteiger partial charge in [0.1, 0.15) is 0 Å². The molecule has 2 aromatic carbocycles. The van der Waals surface area contributed by atoms with Crippen LogP contribution in [0.15, 0.2) is 36.4 Å². The minimum Gasteiger partial charge on any atom is -0.490 e. The van der Waals surface area contributed by atoms with Crippen molar-refractivity contribution in [2.75, 3.05) is 26.4 Å². The Kier molecular flexibility index (Phi) is 6.84. The number of rotatable bonds is 0. The minimum absolute atomic E-state index is 0.0584. The number of fused-ring (bicyclic) bond motifs is 2. The fourth-order valence-electron chi connectivity index (χ4n) is 3.26. The van der Waals surface area contributed by atoms with E-state index in [0.717, 1.165) is 35.8 Å². The van der Waals surface area contributed by atoms with Crippen molar-refractivity contribution in [1.82, 2.24) is 0 Å². The Hall–Kier alpha value is -2.36. The number of ether oxygens (including phenoxy) is 4. The fourth-order valence-corrected chi connectivity index (χ4v) is 3.26. The van der Waals surface area contributed by atoms with Crippen LogP contribution in [0.1, 0.15) is 65.5 Å². The van der Waals surface area contributed by atoms with E-state index in [4.69, 9.17) is 18.9 Å². The molecule has 30 heavy (non-hydrogen) atoms. The lowest BCUT2D eigenvalue weighted by atomic mass is 9.87. The topological polar surface area (TPSA) is 36.9 Å². The van der Waals surface area contributed by atoms with Gasteiger partial charge in [0.15, 0.2) is 23.0 Å². The van der Waals surface area contributed by atoms with Crippen LogP contribution in [-0.4, -0.2) is 26.4 Å². The molecule has 0 unspecified atom stereocenters. The molecule has 2 aromatic rings. The third-order valence-corrected chi connectivity index (χ3v) is 5.23. The van der Waals surface area contributed by atoms with Crippen molar-refractivity contribution in [1.29, 1.82) is 0 Å². The predicted octanol–water partition coefficient (Wildman–Crippen LogP) is 6.29. The molecule has 0 saturated carbocycles. The van der Waals surface area contributed by atoms with E-state index >= 15 is 0 Å². The Morgan fingerprint density at radius 3 is 1.17 bits per heavy atom. The van der Waals surface area contributed by atoms with Gasteiger partial charge in [0, 0.05) is 12.8 Å². The first-order chi connectivity index (χ1) is 14.1. The predicted molar refractivity (Wildman–Crippen MR) is 121 cm³/mol. The molecule has 0 atom stereocenters. The van der Waals surface area contributed by atoms with E-state index in [-0.39, 0.29) is 10.8 Å². The molecular weight excluding hydrogens is 376 g/mol. The van der Waals surface area contributed by atoms with Crippen LogP contribution < -0.4 is 18.9 Å². The van der Waals surface area contributed by atoms with Crippen molar-refractivity contribution in [3.63, 3.8) is 0 Å². The van der Waals surface area contributed by atoms with E-state index in [1.807, 2.05) is 12.1 Å². The van der Waals surface area contributed by atoms with Crippen LogP contribution in [0, 0.1) is 0 Å². The number of hydrogen-bond acceptors (Lipinski definition) is 4. The first-order valence-electron chi connectivity index (χ1n) is 10.9. The Labute approximate surface area is 181 Å². The van der Waals surface area contributed by atoms with E-state index < -0.39 is 0 Å². The summed E-state index contributed by atoms with van der Waals surface area (Å²) in [6.45, 7) is 15.5. The molecule has 0 fully saturated rings. The largest absolute Gasteiger partial charge is 0.490 e. The summed E-state index contributed by atoms with van der Waals surface area (Å²) in [5.74, 6) is 3.18. The van der Waals surface area contributed by atoms with Gasteiger partial charge in [-0.15, -0.1) is 0 Å². The molecule has 4 heteroatoms. The molecule has 0 bridgehead atoms. The van der Waals surface area contributed by atoms with Gasteiger partial charge in [-0.1, -0.05) is 53.7 Å². The maximum Gasteiger partial charge on any atom is 0.161 e. The lowest BCUT2D eigenvalue weighted by molar-refractivity contribution is 0.203. The second-order valence-corrected chi connectivity index (χ2v) is 9.92. The van der Waals surface area contributed by atoms with Gasteiger partial charge in [-0.05, 0) is 46.2 Å². The summed E-state index contributed by atoms with van der Waals surface area (Å²) in [5, 5.41) is 0. The van der Waals surface area contributed by atoms with Crippen LogP contribution in [0.25, 0.3) is 0 Å². The van der Waals surface area contributed by atoms with Gasteiger partial charge in [-0.25, -0.2) is 0 Å². The highest BCUT2D eigenvalue weighted by Crippen LogP contribution is 2.35. The van der Waals surface area contributed by atoms with Crippen molar-refractivity contribution in [3.05, 3.63) is 47.5 Å². The van der Waals surface area contributed by atoms with Gasteiger partial charge in [-0.2, -0.15) is 0 Å². The average Bonchev–Trinajstić information content (AvgIpc) is 2.67. The second-order valence-electron chi connectivity index (χ2n) is 9.92. The fraction of sp³-hybridized carbons (Fsp3) is 0.538. The Morgan fingerprint density at radius 2 is 0.833 bits per heavy atom. The van der Waals surface area contributed by atoms with Gasteiger partial charge in [-0.3, -0.25) is 0 Å². The molecule has 1 aliphatic rings. The SMILES string of the molecule is CC(C)(C)c1ccc2c(c1)OCCCOc1cc(C(C)(C)C)ccc1OCCCO2. The maximum absolute atomic E-state index is 6.10. The highest BCUT2D eigenvalue weighted by Gasteiger charge is 2.19. The lowest BCUT2D eigenvalue weighted by Gasteiger charge is -2.23. The van der Waals surface area contributed by atoms with Crippen LogP contribution in [0.3, 0.4) is 0 Å². The molecule has 0 N–H and O–H groups in total. The molecule has 0 saturated heterocycles. The van der Waals surface area contributed by atoms with E-state index in [0.29, 0.717) is 26.4 Å². The molecular formula is C26H36O4. The third-order valence-electron chi connectivity index (χ3n) is 5.23. The normalized spacial score (nSPS) is 15.9. The molecule has 0 aromatic heterocycles. The summed E-state index contributed by atoms with van der Waals surface area (Å²) in [6.07, 6.45) is 1.55. The zero-order valence-corrected chi connectivity index (χ0v) is 19.3. The smallest absolute Gasteiger partial charge is 0.161 e. The van der Waals surface area contributed by atoms with Crippen molar-refractivity contribution < 1.29 is 18.9 Å². The number of benzene rings is 2. The van der Waals surface area contributed by atoms with Crippen LogP contribution >= 0.6 is 0 Å². The average molecular weight is 413 g/mol. The minimum atomic E-state index is 0.0584. The molecule has 4 nitrogen and oxygen atoms in total. The monoisotopic (exact) mass is 412 g/mol. The highest BCUT2D eigenvalue weighted by molar-refractivity contribution is 5.46. The van der Waals surface area contributed by atoms with Gasteiger partial charge < -0.3 is 18.9 Å². The van der Waals surface area contributed by atoms with Gasteiger partial charge in [0.2, 0.25) is 0 Å². The first kappa shape index (κ1) is 22.3. The molecule has 164 valence electrons. The number of hydrogen-bond donors (Lipinski definition) is 0. The summed E-state index contributed by atoms with van der Waals surface area (Å²) < 4.78 is 24.2. The maximum atomic E-state index is 6.10. The zero-order valence-electron chi connectivity index (χ0n) is 19.3.